The minimum Gasteiger partial charge on any atom is -0.481 e. The summed E-state index contributed by atoms with van der Waals surface area (Å²) in [5.41, 5.74) is 1.88. The van der Waals surface area contributed by atoms with E-state index in [1.54, 1.807) is 4.90 Å². The molecule has 1 aliphatic rings. The molecule has 1 atom stereocenters. The fourth-order valence-electron chi connectivity index (χ4n) is 1.92. The highest BCUT2D eigenvalue weighted by atomic mass is 127. The van der Waals surface area contributed by atoms with E-state index in [-0.39, 0.29) is 18.9 Å². The quantitative estimate of drug-likeness (QED) is 0.835. The summed E-state index contributed by atoms with van der Waals surface area (Å²) in [6.45, 7) is 2.24. The maximum absolute atomic E-state index is 11.7. The lowest BCUT2D eigenvalue weighted by Gasteiger charge is -2.17. The summed E-state index contributed by atoms with van der Waals surface area (Å²) in [6.07, 6.45) is 0.0976. The maximum Gasteiger partial charge on any atom is 0.308 e. The number of hydrogen-bond donors (Lipinski definition) is 1. The van der Waals surface area contributed by atoms with Crippen LogP contribution < -0.4 is 4.90 Å². The number of aryl methyl sites for hydroxylation is 1. The molecular weight excluding hydrogens is 333 g/mol. The fourth-order valence-corrected chi connectivity index (χ4v) is 2.25. The van der Waals surface area contributed by atoms with Crippen LogP contribution in [0.1, 0.15) is 12.0 Å². The lowest BCUT2D eigenvalue weighted by Crippen LogP contribution is -2.25. The second kappa shape index (κ2) is 4.64. The molecule has 0 radical (unpaired) electrons. The van der Waals surface area contributed by atoms with Crippen molar-refractivity contribution in [2.75, 3.05) is 11.4 Å². The van der Waals surface area contributed by atoms with Crippen molar-refractivity contribution >= 4 is 40.2 Å². The standard InChI is InChI=1S/C12H12INO3/c1-7-4-9(2-3-10(7)13)14-6-8(12(16)17)5-11(14)15/h2-4,8H,5-6H2,1H3,(H,16,17). The SMILES string of the molecule is Cc1cc(N2CC(C(=O)O)CC2=O)ccc1I. The van der Waals surface area contributed by atoms with Crippen molar-refractivity contribution in [3.63, 3.8) is 0 Å². The number of aliphatic carboxylic acids is 1. The molecule has 2 rings (SSSR count). The maximum atomic E-state index is 11.7. The number of halogens is 1. The van der Waals surface area contributed by atoms with Crippen LogP contribution in [0.2, 0.25) is 0 Å². The highest BCUT2D eigenvalue weighted by Crippen LogP contribution is 2.27. The molecule has 1 aliphatic heterocycles. The van der Waals surface area contributed by atoms with Gasteiger partial charge < -0.3 is 10.0 Å². The van der Waals surface area contributed by atoms with Crippen molar-refractivity contribution in [3.05, 3.63) is 27.3 Å². The Morgan fingerprint density at radius 2 is 2.24 bits per heavy atom. The Bertz CT molecular complexity index is 487. The number of carboxylic acid groups (broad SMARTS) is 1. The summed E-state index contributed by atoms with van der Waals surface area (Å²) in [4.78, 5) is 24.2. The van der Waals surface area contributed by atoms with Crippen LogP contribution in [0.15, 0.2) is 18.2 Å². The number of rotatable bonds is 2. The largest absolute Gasteiger partial charge is 0.481 e. The van der Waals surface area contributed by atoms with Crippen LogP contribution in [0.25, 0.3) is 0 Å². The lowest BCUT2D eigenvalue weighted by atomic mass is 10.1. The Morgan fingerprint density at radius 3 is 2.76 bits per heavy atom. The van der Waals surface area contributed by atoms with Crippen molar-refractivity contribution in [3.8, 4) is 0 Å². The minimum atomic E-state index is -0.900. The molecule has 5 heteroatoms. The summed E-state index contributed by atoms with van der Waals surface area (Å²) >= 11 is 2.23. The van der Waals surface area contributed by atoms with E-state index < -0.39 is 11.9 Å². The molecule has 0 bridgehead atoms. The number of anilines is 1. The number of hydrogen-bond acceptors (Lipinski definition) is 2. The molecule has 0 spiro atoms. The van der Waals surface area contributed by atoms with Gasteiger partial charge in [-0.3, -0.25) is 9.59 Å². The Labute approximate surface area is 113 Å². The van der Waals surface area contributed by atoms with Crippen LogP contribution in [-0.4, -0.2) is 23.5 Å². The van der Waals surface area contributed by atoms with Gasteiger partial charge in [-0.2, -0.15) is 0 Å². The van der Waals surface area contributed by atoms with E-state index in [0.717, 1.165) is 14.8 Å². The Balaban J connectivity index is 2.26. The molecule has 1 heterocycles. The molecule has 1 amide bonds. The molecule has 17 heavy (non-hydrogen) atoms. The van der Waals surface area contributed by atoms with Gasteiger partial charge in [0.25, 0.3) is 0 Å². The van der Waals surface area contributed by atoms with E-state index in [0.29, 0.717) is 0 Å². The van der Waals surface area contributed by atoms with Gasteiger partial charge in [-0.25, -0.2) is 0 Å². The third-order valence-electron chi connectivity index (χ3n) is 2.93. The first-order valence-corrected chi connectivity index (χ1v) is 6.36. The van der Waals surface area contributed by atoms with Crippen LogP contribution in [-0.2, 0) is 9.59 Å². The molecule has 1 N–H and O–H groups in total. The molecule has 1 aromatic rings. The predicted molar refractivity (Wildman–Crippen MR) is 72.0 cm³/mol. The van der Waals surface area contributed by atoms with Crippen molar-refractivity contribution in [2.45, 2.75) is 13.3 Å². The molecule has 1 saturated heterocycles. The van der Waals surface area contributed by atoms with E-state index in [4.69, 9.17) is 5.11 Å². The summed E-state index contributed by atoms with van der Waals surface area (Å²) in [5.74, 6) is -1.59. The summed E-state index contributed by atoms with van der Waals surface area (Å²) in [5, 5.41) is 8.91. The number of amides is 1. The molecule has 0 aliphatic carbocycles. The predicted octanol–water partition coefficient (Wildman–Crippen LogP) is 2.04. The number of carboxylic acids is 1. The van der Waals surface area contributed by atoms with E-state index in [9.17, 15) is 9.59 Å². The zero-order valence-electron chi connectivity index (χ0n) is 9.31. The second-order valence-electron chi connectivity index (χ2n) is 4.18. The summed E-state index contributed by atoms with van der Waals surface area (Å²) in [6, 6.07) is 5.72. The normalized spacial score (nSPS) is 19.8. The van der Waals surface area contributed by atoms with Crippen molar-refractivity contribution in [1.82, 2.24) is 0 Å². The monoisotopic (exact) mass is 345 g/mol. The highest BCUT2D eigenvalue weighted by Gasteiger charge is 2.35. The average Bonchev–Trinajstić information content (AvgIpc) is 2.65. The van der Waals surface area contributed by atoms with Crippen LogP contribution in [0.4, 0.5) is 5.69 Å². The van der Waals surface area contributed by atoms with E-state index in [1.807, 2.05) is 25.1 Å². The zero-order valence-corrected chi connectivity index (χ0v) is 11.5. The minimum absolute atomic E-state index is 0.0976. The molecule has 1 unspecified atom stereocenters. The first-order valence-electron chi connectivity index (χ1n) is 5.28. The first-order chi connectivity index (χ1) is 7.99. The summed E-state index contributed by atoms with van der Waals surface area (Å²) < 4.78 is 1.13. The fraction of sp³-hybridized carbons (Fsp3) is 0.333. The molecular formula is C12H12INO3. The highest BCUT2D eigenvalue weighted by molar-refractivity contribution is 14.1. The Morgan fingerprint density at radius 1 is 1.53 bits per heavy atom. The third-order valence-corrected chi connectivity index (χ3v) is 4.14. The Kier molecular flexibility index (Phi) is 3.37. The topological polar surface area (TPSA) is 57.6 Å². The van der Waals surface area contributed by atoms with Crippen molar-refractivity contribution < 1.29 is 14.7 Å². The van der Waals surface area contributed by atoms with Gasteiger partial charge in [0.15, 0.2) is 0 Å². The lowest BCUT2D eigenvalue weighted by molar-refractivity contribution is -0.141. The molecule has 0 aromatic heterocycles. The molecule has 4 nitrogen and oxygen atoms in total. The molecule has 1 fully saturated rings. The third kappa shape index (κ3) is 2.43. The average molecular weight is 345 g/mol. The number of carbonyl (C=O) groups is 2. The van der Waals surface area contributed by atoms with Gasteiger partial charge in [0.1, 0.15) is 0 Å². The Hall–Kier alpha value is -1.11. The smallest absolute Gasteiger partial charge is 0.308 e. The van der Waals surface area contributed by atoms with Gasteiger partial charge >= 0.3 is 5.97 Å². The van der Waals surface area contributed by atoms with E-state index >= 15 is 0 Å². The van der Waals surface area contributed by atoms with Gasteiger partial charge in [0, 0.05) is 22.2 Å². The first kappa shape index (κ1) is 12.3. The van der Waals surface area contributed by atoms with Crippen molar-refractivity contribution in [2.24, 2.45) is 5.92 Å². The van der Waals surface area contributed by atoms with E-state index in [1.165, 1.54) is 0 Å². The van der Waals surface area contributed by atoms with Crippen LogP contribution in [0, 0.1) is 16.4 Å². The van der Waals surface area contributed by atoms with Gasteiger partial charge in [0.2, 0.25) is 5.91 Å². The second-order valence-corrected chi connectivity index (χ2v) is 5.34. The number of nitrogens with zero attached hydrogens (tertiary/aromatic N) is 1. The molecule has 0 saturated carbocycles. The number of carbonyl (C=O) groups excluding carboxylic acids is 1. The summed E-state index contributed by atoms with van der Waals surface area (Å²) in [7, 11) is 0. The van der Waals surface area contributed by atoms with Gasteiger partial charge in [-0.15, -0.1) is 0 Å². The van der Waals surface area contributed by atoms with Crippen molar-refractivity contribution in [1.29, 1.82) is 0 Å². The van der Waals surface area contributed by atoms with Crippen LogP contribution in [0.3, 0.4) is 0 Å². The number of benzene rings is 1. The van der Waals surface area contributed by atoms with Crippen LogP contribution >= 0.6 is 22.6 Å². The van der Waals surface area contributed by atoms with Gasteiger partial charge in [0.05, 0.1) is 5.92 Å². The van der Waals surface area contributed by atoms with Crippen LogP contribution in [0.5, 0.6) is 0 Å². The zero-order chi connectivity index (χ0) is 12.6. The van der Waals surface area contributed by atoms with E-state index in [2.05, 4.69) is 22.6 Å². The molecule has 90 valence electrons. The van der Waals surface area contributed by atoms with Gasteiger partial charge in [-0.05, 0) is 53.3 Å². The van der Waals surface area contributed by atoms with Gasteiger partial charge in [-0.1, -0.05) is 0 Å². The molecule has 1 aromatic carbocycles.